The number of H-pyrrole nitrogens is 1. The van der Waals surface area contributed by atoms with Gasteiger partial charge in [0, 0.05) is 15.7 Å². The maximum Gasteiger partial charge on any atom is 0.338 e. The van der Waals surface area contributed by atoms with Crippen LogP contribution in [0.3, 0.4) is 0 Å². The average molecular weight is 468 g/mol. The van der Waals surface area contributed by atoms with Crippen molar-refractivity contribution in [3.8, 4) is 0 Å². The van der Waals surface area contributed by atoms with Crippen LogP contribution in [0.25, 0.3) is 11.2 Å². The van der Waals surface area contributed by atoms with Gasteiger partial charge in [0.1, 0.15) is 11.8 Å². The van der Waals surface area contributed by atoms with Gasteiger partial charge in [-0.1, -0.05) is 23.7 Å². The molecule has 1 atom stereocenters. The SMILES string of the molecule is C[C@H](OC(=O)c1ccc(CSc2ccc(Cl)cc2)cc1)C(=O)Nc1ncnc2nc[nH]c12. The molecule has 0 radical (unpaired) electrons. The maximum absolute atomic E-state index is 12.4. The Morgan fingerprint density at radius 3 is 2.59 bits per heavy atom. The summed E-state index contributed by atoms with van der Waals surface area (Å²) in [7, 11) is 0. The fourth-order valence-corrected chi connectivity index (χ4v) is 3.78. The third-order valence-electron chi connectivity index (χ3n) is 4.53. The fourth-order valence-electron chi connectivity index (χ4n) is 2.79. The van der Waals surface area contributed by atoms with E-state index < -0.39 is 18.0 Å². The van der Waals surface area contributed by atoms with Crippen LogP contribution in [0, 0.1) is 0 Å². The third kappa shape index (κ3) is 5.24. The van der Waals surface area contributed by atoms with E-state index in [4.69, 9.17) is 16.3 Å². The van der Waals surface area contributed by atoms with Crippen molar-refractivity contribution < 1.29 is 14.3 Å². The molecule has 0 aliphatic rings. The van der Waals surface area contributed by atoms with E-state index in [1.807, 2.05) is 36.4 Å². The Morgan fingerprint density at radius 2 is 1.84 bits per heavy atom. The normalized spacial score (nSPS) is 11.8. The molecule has 8 nitrogen and oxygen atoms in total. The molecule has 4 aromatic rings. The van der Waals surface area contributed by atoms with Gasteiger partial charge in [0.05, 0.1) is 11.9 Å². The molecular weight excluding hydrogens is 450 g/mol. The molecule has 2 aromatic heterocycles. The molecule has 0 saturated carbocycles. The van der Waals surface area contributed by atoms with Crippen LogP contribution in [0.2, 0.25) is 5.02 Å². The summed E-state index contributed by atoms with van der Waals surface area (Å²) >= 11 is 7.57. The van der Waals surface area contributed by atoms with E-state index in [0.29, 0.717) is 21.7 Å². The van der Waals surface area contributed by atoms with Gasteiger partial charge >= 0.3 is 5.97 Å². The topological polar surface area (TPSA) is 110 Å². The Balaban J connectivity index is 1.32. The van der Waals surface area contributed by atoms with E-state index in [9.17, 15) is 9.59 Å². The van der Waals surface area contributed by atoms with Crippen molar-refractivity contribution in [1.82, 2.24) is 19.9 Å². The van der Waals surface area contributed by atoms with Gasteiger partial charge in [-0.15, -0.1) is 11.8 Å². The van der Waals surface area contributed by atoms with E-state index in [1.165, 1.54) is 19.6 Å². The van der Waals surface area contributed by atoms with Gasteiger partial charge in [-0.25, -0.2) is 19.7 Å². The van der Waals surface area contributed by atoms with Crippen LogP contribution in [-0.4, -0.2) is 37.9 Å². The van der Waals surface area contributed by atoms with Crippen molar-refractivity contribution in [2.24, 2.45) is 0 Å². The standard InChI is InChI=1S/C22H18ClN5O3S/c1-13(21(29)28-20-18-19(25-11-24-18)26-12-27-20)31-22(30)15-4-2-14(3-5-15)10-32-17-8-6-16(23)7-9-17/h2-9,11-13H,10H2,1H3,(H2,24,25,26,27,28,29)/t13-/m0/s1. The molecule has 2 heterocycles. The number of ether oxygens (including phenoxy) is 1. The maximum atomic E-state index is 12.4. The highest BCUT2D eigenvalue weighted by Gasteiger charge is 2.20. The number of esters is 1. The smallest absolute Gasteiger partial charge is 0.338 e. The van der Waals surface area contributed by atoms with Gasteiger partial charge in [-0.2, -0.15) is 0 Å². The van der Waals surface area contributed by atoms with Crippen LogP contribution in [0.4, 0.5) is 5.82 Å². The van der Waals surface area contributed by atoms with Crippen LogP contribution >= 0.6 is 23.4 Å². The zero-order valence-electron chi connectivity index (χ0n) is 16.9. The first-order valence-corrected chi connectivity index (χ1v) is 11.0. The number of rotatable bonds is 7. The lowest BCUT2D eigenvalue weighted by Gasteiger charge is -2.13. The van der Waals surface area contributed by atoms with Gasteiger partial charge < -0.3 is 15.0 Å². The van der Waals surface area contributed by atoms with Gasteiger partial charge in [-0.3, -0.25) is 4.79 Å². The second-order valence-electron chi connectivity index (χ2n) is 6.80. The summed E-state index contributed by atoms with van der Waals surface area (Å²) in [5.41, 5.74) is 2.34. The first-order chi connectivity index (χ1) is 15.5. The molecular formula is C22H18ClN5O3S. The first kappa shape index (κ1) is 21.8. The number of hydrogen-bond donors (Lipinski definition) is 2. The fraction of sp³-hybridized carbons (Fsp3) is 0.136. The summed E-state index contributed by atoms with van der Waals surface area (Å²) in [5, 5.41) is 3.32. The molecule has 0 spiro atoms. The monoisotopic (exact) mass is 467 g/mol. The van der Waals surface area contributed by atoms with E-state index in [1.54, 1.807) is 23.9 Å². The minimum Gasteiger partial charge on any atom is -0.449 e. The summed E-state index contributed by atoms with van der Waals surface area (Å²) in [6.45, 7) is 1.50. The van der Waals surface area contributed by atoms with Crippen molar-refractivity contribution in [3.63, 3.8) is 0 Å². The molecule has 1 amide bonds. The van der Waals surface area contributed by atoms with Crippen LogP contribution in [0.5, 0.6) is 0 Å². The quantitative estimate of drug-likeness (QED) is 0.304. The van der Waals surface area contributed by atoms with Crippen molar-refractivity contribution in [2.75, 3.05) is 5.32 Å². The minimum absolute atomic E-state index is 0.267. The molecule has 4 rings (SSSR count). The average Bonchev–Trinajstić information content (AvgIpc) is 3.29. The predicted octanol–water partition coefficient (Wildman–Crippen LogP) is 4.48. The van der Waals surface area contributed by atoms with Crippen molar-refractivity contribution >= 4 is 52.2 Å². The second-order valence-corrected chi connectivity index (χ2v) is 8.28. The van der Waals surface area contributed by atoms with Gasteiger partial charge in [-0.05, 0) is 48.9 Å². The molecule has 0 aliphatic heterocycles. The third-order valence-corrected chi connectivity index (χ3v) is 5.86. The predicted molar refractivity (Wildman–Crippen MR) is 123 cm³/mol. The number of thioether (sulfide) groups is 1. The number of amides is 1. The molecule has 2 N–H and O–H groups in total. The Labute approximate surface area is 192 Å². The zero-order valence-corrected chi connectivity index (χ0v) is 18.5. The number of benzene rings is 2. The molecule has 0 saturated heterocycles. The number of halogens is 1. The van der Waals surface area contributed by atoms with Gasteiger partial charge in [0.15, 0.2) is 17.6 Å². The van der Waals surface area contributed by atoms with E-state index >= 15 is 0 Å². The summed E-state index contributed by atoms with van der Waals surface area (Å²) < 4.78 is 5.31. The molecule has 10 heteroatoms. The number of carbonyl (C=O) groups excluding carboxylic acids is 2. The van der Waals surface area contributed by atoms with E-state index in [2.05, 4.69) is 25.3 Å². The van der Waals surface area contributed by atoms with E-state index in [-0.39, 0.29) is 5.82 Å². The van der Waals surface area contributed by atoms with Crippen molar-refractivity contribution in [1.29, 1.82) is 0 Å². The number of nitrogens with one attached hydrogen (secondary N) is 2. The molecule has 0 bridgehead atoms. The number of imidazole rings is 1. The number of aromatic amines is 1. The largest absolute Gasteiger partial charge is 0.449 e. The Hall–Kier alpha value is -3.43. The number of aromatic nitrogens is 4. The van der Waals surface area contributed by atoms with Crippen molar-refractivity contribution in [2.45, 2.75) is 23.7 Å². The summed E-state index contributed by atoms with van der Waals surface area (Å²) in [6.07, 6.45) is 1.73. The van der Waals surface area contributed by atoms with E-state index in [0.717, 1.165) is 16.2 Å². The molecule has 162 valence electrons. The highest BCUT2D eigenvalue weighted by molar-refractivity contribution is 7.98. The molecule has 32 heavy (non-hydrogen) atoms. The highest BCUT2D eigenvalue weighted by atomic mass is 35.5. The lowest BCUT2D eigenvalue weighted by molar-refractivity contribution is -0.123. The Bertz CT molecular complexity index is 1240. The number of hydrogen-bond acceptors (Lipinski definition) is 7. The number of anilines is 1. The summed E-state index contributed by atoms with van der Waals surface area (Å²) in [4.78, 5) is 40.9. The lowest BCUT2D eigenvalue weighted by atomic mass is 10.1. The number of fused-ring (bicyclic) bond motifs is 1. The van der Waals surface area contributed by atoms with Crippen molar-refractivity contribution in [3.05, 3.63) is 77.3 Å². The van der Waals surface area contributed by atoms with Crippen LogP contribution in [-0.2, 0) is 15.3 Å². The minimum atomic E-state index is -1.02. The van der Waals surface area contributed by atoms with Gasteiger partial charge in [0.2, 0.25) is 0 Å². The summed E-state index contributed by atoms with van der Waals surface area (Å²) in [6, 6.07) is 14.7. The zero-order chi connectivity index (χ0) is 22.5. The lowest BCUT2D eigenvalue weighted by Crippen LogP contribution is -2.30. The molecule has 0 fully saturated rings. The first-order valence-electron chi connectivity index (χ1n) is 9.63. The van der Waals surface area contributed by atoms with Crippen LogP contribution in [0.1, 0.15) is 22.8 Å². The number of nitrogens with zero attached hydrogens (tertiary/aromatic N) is 3. The molecule has 0 unspecified atom stereocenters. The summed E-state index contributed by atoms with van der Waals surface area (Å²) in [5.74, 6) is -0.0812. The Kier molecular flexibility index (Phi) is 6.67. The number of carbonyl (C=O) groups is 2. The van der Waals surface area contributed by atoms with Gasteiger partial charge in [0.25, 0.3) is 5.91 Å². The Morgan fingerprint density at radius 1 is 1.09 bits per heavy atom. The highest BCUT2D eigenvalue weighted by Crippen LogP contribution is 2.24. The van der Waals surface area contributed by atoms with Crippen LogP contribution < -0.4 is 5.32 Å². The molecule has 0 aliphatic carbocycles. The second kappa shape index (κ2) is 9.80. The molecule has 2 aromatic carbocycles. The van der Waals surface area contributed by atoms with Crippen LogP contribution in [0.15, 0.2) is 66.1 Å².